The molecule has 4 heterocycles. The van der Waals surface area contributed by atoms with Crippen molar-refractivity contribution in [1.82, 2.24) is 20.1 Å². The van der Waals surface area contributed by atoms with Crippen molar-refractivity contribution in [3.8, 4) is 6.07 Å². The van der Waals surface area contributed by atoms with Gasteiger partial charge in [0.1, 0.15) is 17.5 Å². The van der Waals surface area contributed by atoms with Crippen molar-refractivity contribution in [1.29, 1.82) is 5.26 Å². The maximum Gasteiger partial charge on any atom is 0.423 e. The van der Waals surface area contributed by atoms with Crippen molar-refractivity contribution in [2.24, 2.45) is 5.92 Å². The fourth-order valence-electron chi connectivity index (χ4n) is 5.02. The van der Waals surface area contributed by atoms with Crippen LogP contribution >= 0.6 is 0 Å². The predicted molar refractivity (Wildman–Crippen MR) is 149 cm³/mol. The summed E-state index contributed by atoms with van der Waals surface area (Å²) in [4.78, 5) is 31.4. The molecule has 3 aliphatic rings. The van der Waals surface area contributed by atoms with Crippen LogP contribution in [0.2, 0.25) is 0 Å². The van der Waals surface area contributed by atoms with E-state index in [9.17, 15) is 22.8 Å². The van der Waals surface area contributed by atoms with Gasteiger partial charge in [-0.1, -0.05) is 6.92 Å². The van der Waals surface area contributed by atoms with Crippen LogP contribution in [-0.2, 0) is 15.7 Å². The van der Waals surface area contributed by atoms with Crippen LogP contribution in [0, 0.1) is 17.2 Å². The zero-order valence-electron chi connectivity index (χ0n) is 23.6. The number of ether oxygens (including phenoxy) is 1. The number of methoxy groups -OCH3 is 1. The van der Waals surface area contributed by atoms with Gasteiger partial charge in [0, 0.05) is 52.6 Å². The van der Waals surface area contributed by atoms with Gasteiger partial charge in [-0.2, -0.15) is 23.5 Å². The van der Waals surface area contributed by atoms with E-state index < -0.39 is 17.3 Å². The van der Waals surface area contributed by atoms with Gasteiger partial charge in [0.15, 0.2) is 0 Å². The van der Waals surface area contributed by atoms with Gasteiger partial charge in [-0.05, 0) is 56.6 Å². The third-order valence-corrected chi connectivity index (χ3v) is 7.53. The zero-order valence-corrected chi connectivity index (χ0v) is 23.6. The second kappa shape index (κ2) is 15.4. The maximum atomic E-state index is 12.7. The van der Waals surface area contributed by atoms with E-state index >= 15 is 0 Å². The molecule has 0 spiro atoms. The summed E-state index contributed by atoms with van der Waals surface area (Å²) >= 11 is 0. The lowest BCUT2D eigenvalue weighted by atomic mass is 9.89. The molecule has 2 saturated heterocycles. The Balaban J connectivity index is 0.000000176. The fraction of sp³-hybridized carbons (Fsp3) is 0.607. The van der Waals surface area contributed by atoms with E-state index in [0.29, 0.717) is 24.8 Å². The smallest absolute Gasteiger partial charge is 0.381 e. The van der Waals surface area contributed by atoms with E-state index in [2.05, 4.69) is 21.9 Å². The standard InChI is InChI=1S/C11H12N4O.C9H10F3N3O.C8H16O/c12-7-10-1-2-11(13-8-10)15-5-3-14(9-16)4-6-15;10-9(11,12)7-6(5-13-14-8(7)16)15-3-1-2-4-15;1-7-3-5-8(9-2)6-4-7/h1-2,8-9H,3-6H2;5H,1-4H2,(H,14,16);7-8H,3-6H2,1-2H3. The number of pyridine rings is 1. The highest BCUT2D eigenvalue weighted by molar-refractivity contribution is 5.52. The second-order valence-corrected chi connectivity index (χ2v) is 10.4. The molecule has 41 heavy (non-hydrogen) atoms. The monoisotopic (exact) mass is 577 g/mol. The van der Waals surface area contributed by atoms with E-state index in [1.54, 1.807) is 22.1 Å². The van der Waals surface area contributed by atoms with Crippen LogP contribution in [0.5, 0.6) is 0 Å². The number of amides is 1. The van der Waals surface area contributed by atoms with E-state index in [1.165, 1.54) is 25.7 Å². The van der Waals surface area contributed by atoms with Crippen molar-refractivity contribution in [3.05, 3.63) is 46.0 Å². The van der Waals surface area contributed by atoms with Crippen molar-refractivity contribution in [2.75, 3.05) is 56.2 Å². The number of H-pyrrole nitrogens is 1. The summed E-state index contributed by atoms with van der Waals surface area (Å²) in [7, 11) is 1.82. The van der Waals surface area contributed by atoms with Crippen LogP contribution in [0.15, 0.2) is 29.3 Å². The quantitative estimate of drug-likeness (QED) is 0.545. The Hall–Kier alpha value is -3.66. The minimum absolute atomic E-state index is 0.117. The molecule has 3 fully saturated rings. The highest BCUT2D eigenvalue weighted by Crippen LogP contribution is 2.34. The number of rotatable bonds is 4. The molecule has 0 bridgehead atoms. The number of aromatic nitrogens is 3. The van der Waals surface area contributed by atoms with Gasteiger partial charge >= 0.3 is 6.18 Å². The van der Waals surface area contributed by atoms with E-state index in [1.807, 2.05) is 24.3 Å². The molecule has 2 aromatic rings. The minimum Gasteiger partial charge on any atom is -0.381 e. The molecule has 1 aliphatic carbocycles. The fourth-order valence-corrected chi connectivity index (χ4v) is 5.02. The first-order chi connectivity index (χ1) is 19.7. The molecule has 13 heteroatoms. The first kappa shape index (κ1) is 31.9. The molecule has 0 atom stereocenters. The highest BCUT2D eigenvalue weighted by atomic mass is 19.4. The number of nitrogens with zero attached hydrogens (tertiary/aromatic N) is 6. The van der Waals surface area contributed by atoms with E-state index in [4.69, 9.17) is 10.00 Å². The van der Waals surface area contributed by atoms with Crippen molar-refractivity contribution < 1.29 is 22.7 Å². The third-order valence-electron chi connectivity index (χ3n) is 7.53. The Morgan fingerprint density at radius 1 is 1.02 bits per heavy atom. The minimum atomic E-state index is -4.64. The Kier molecular flexibility index (Phi) is 11.9. The van der Waals surface area contributed by atoms with Crippen LogP contribution in [0.4, 0.5) is 24.7 Å². The number of hydrogen-bond acceptors (Lipinski definition) is 8. The van der Waals surface area contributed by atoms with Gasteiger partial charge in [0.2, 0.25) is 6.41 Å². The van der Waals surface area contributed by atoms with Crippen LogP contribution in [0.25, 0.3) is 0 Å². The number of anilines is 2. The number of alkyl halides is 3. The molecule has 224 valence electrons. The normalized spacial score (nSPS) is 20.7. The highest BCUT2D eigenvalue weighted by Gasteiger charge is 2.39. The van der Waals surface area contributed by atoms with E-state index in [-0.39, 0.29) is 5.69 Å². The molecular formula is C28H38F3N7O3. The molecule has 1 N–H and O–H groups in total. The summed E-state index contributed by atoms with van der Waals surface area (Å²) in [5.74, 6) is 1.81. The van der Waals surface area contributed by atoms with Gasteiger partial charge in [0.25, 0.3) is 5.56 Å². The molecule has 0 unspecified atom stereocenters. The molecule has 5 rings (SSSR count). The Bertz CT molecular complexity index is 1180. The Morgan fingerprint density at radius 3 is 2.20 bits per heavy atom. The lowest BCUT2D eigenvalue weighted by Crippen LogP contribution is -2.46. The molecule has 0 radical (unpaired) electrons. The Labute approximate surface area is 238 Å². The van der Waals surface area contributed by atoms with Gasteiger partial charge in [0.05, 0.1) is 23.6 Å². The topological polar surface area (TPSA) is 118 Å². The number of carbonyl (C=O) groups excluding carboxylic acids is 1. The van der Waals surface area contributed by atoms with Crippen molar-refractivity contribution in [2.45, 2.75) is 57.7 Å². The molecule has 2 aliphatic heterocycles. The van der Waals surface area contributed by atoms with Crippen molar-refractivity contribution >= 4 is 17.9 Å². The summed E-state index contributed by atoms with van der Waals surface area (Å²) in [6, 6.07) is 5.64. The number of halogens is 3. The lowest BCUT2D eigenvalue weighted by molar-refractivity contribution is -0.138. The summed E-state index contributed by atoms with van der Waals surface area (Å²) in [5.41, 5.74) is -1.88. The average Bonchev–Trinajstić information content (AvgIpc) is 3.53. The maximum absolute atomic E-state index is 12.7. The van der Waals surface area contributed by atoms with Gasteiger partial charge in [-0.3, -0.25) is 9.59 Å². The van der Waals surface area contributed by atoms with Crippen LogP contribution < -0.4 is 15.4 Å². The number of nitriles is 1. The largest absolute Gasteiger partial charge is 0.423 e. The molecule has 0 aromatic carbocycles. The first-order valence-electron chi connectivity index (χ1n) is 13.9. The summed E-state index contributed by atoms with van der Waals surface area (Å²) < 4.78 is 43.3. The van der Waals surface area contributed by atoms with Crippen LogP contribution in [0.3, 0.4) is 0 Å². The van der Waals surface area contributed by atoms with Crippen molar-refractivity contribution in [3.63, 3.8) is 0 Å². The molecule has 10 nitrogen and oxygen atoms in total. The van der Waals surface area contributed by atoms with E-state index in [0.717, 1.165) is 63.4 Å². The second-order valence-electron chi connectivity index (χ2n) is 10.4. The number of carbonyl (C=O) groups is 1. The lowest BCUT2D eigenvalue weighted by Gasteiger charge is -2.33. The zero-order chi connectivity index (χ0) is 29.8. The molecule has 1 amide bonds. The Morgan fingerprint density at radius 2 is 1.68 bits per heavy atom. The number of piperazine rings is 1. The summed E-state index contributed by atoms with van der Waals surface area (Å²) in [6.07, 6.45) is 6.39. The number of nitrogens with one attached hydrogen (secondary N) is 1. The summed E-state index contributed by atoms with van der Waals surface area (Å²) in [5, 5.41) is 13.9. The predicted octanol–water partition coefficient (Wildman–Crippen LogP) is 3.83. The van der Waals surface area contributed by atoms with Gasteiger partial charge < -0.3 is 19.4 Å². The molecule has 1 saturated carbocycles. The molecule has 2 aromatic heterocycles. The number of hydrogen-bond donors (Lipinski definition) is 1. The van der Waals surface area contributed by atoms with Gasteiger partial charge in [-0.15, -0.1) is 0 Å². The average molecular weight is 578 g/mol. The SMILES string of the molecule is COC1CCC(C)CC1.N#Cc1ccc(N2CCN(C=O)CC2)nc1.O=c1[nH]ncc(N2CCCC2)c1C(F)(F)F. The number of aromatic amines is 1. The first-order valence-corrected chi connectivity index (χ1v) is 13.9. The van der Waals surface area contributed by atoms with Gasteiger partial charge in [-0.25, -0.2) is 10.1 Å². The molecular weight excluding hydrogens is 539 g/mol. The van der Waals surface area contributed by atoms with Crippen LogP contribution in [0.1, 0.15) is 56.6 Å². The summed E-state index contributed by atoms with van der Waals surface area (Å²) in [6.45, 7) is 6.43. The third kappa shape index (κ3) is 9.45. The van der Waals surface area contributed by atoms with Crippen LogP contribution in [-0.4, -0.2) is 79.0 Å².